The number of halogens is 2. The van der Waals surface area contributed by atoms with Crippen LogP contribution >= 0.6 is 23.2 Å². The summed E-state index contributed by atoms with van der Waals surface area (Å²) in [5, 5.41) is 3.44. The standard InChI is InChI=1S/C23H27Cl2N3O6S/c1-4-26-23(30)15(2)27(13-16-5-6-17(24)11-19(16)25)22(29)14-28(35(3,31)32)18-7-8-20-21(12-18)34-10-9-33-20/h5-8,11-12,15H,4,9-10,13-14H2,1-3H3,(H,26,30)/t15-/m1/s1. The van der Waals surface area contributed by atoms with Gasteiger partial charge in [0.25, 0.3) is 0 Å². The van der Waals surface area contributed by atoms with Crippen molar-refractivity contribution in [1.82, 2.24) is 10.2 Å². The lowest BCUT2D eigenvalue weighted by atomic mass is 10.1. The number of likely N-dealkylation sites (N-methyl/N-ethyl adjacent to an activating group) is 1. The number of nitrogens with one attached hydrogen (secondary N) is 1. The lowest BCUT2D eigenvalue weighted by Crippen LogP contribution is -2.51. The van der Waals surface area contributed by atoms with Crippen LogP contribution in [0.3, 0.4) is 0 Å². The summed E-state index contributed by atoms with van der Waals surface area (Å²) < 4.78 is 37.4. The van der Waals surface area contributed by atoms with Gasteiger partial charge in [-0.3, -0.25) is 13.9 Å². The van der Waals surface area contributed by atoms with Gasteiger partial charge in [0.1, 0.15) is 25.8 Å². The fourth-order valence-electron chi connectivity index (χ4n) is 3.54. The number of fused-ring (bicyclic) bond motifs is 1. The van der Waals surface area contributed by atoms with Gasteiger partial charge in [0.2, 0.25) is 21.8 Å². The second kappa shape index (κ2) is 11.4. The molecule has 0 radical (unpaired) electrons. The molecule has 0 bridgehead atoms. The van der Waals surface area contributed by atoms with Crippen LogP contribution in [-0.2, 0) is 26.2 Å². The minimum Gasteiger partial charge on any atom is -0.486 e. The van der Waals surface area contributed by atoms with E-state index in [0.717, 1.165) is 10.6 Å². The number of hydrogen-bond donors (Lipinski definition) is 1. The minimum absolute atomic E-state index is 0.0219. The van der Waals surface area contributed by atoms with Gasteiger partial charge in [-0.2, -0.15) is 0 Å². The second-order valence-electron chi connectivity index (χ2n) is 7.93. The highest BCUT2D eigenvalue weighted by Crippen LogP contribution is 2.35. The number of carbonyl (C=O) groups is 2. The van der Waals surface area contributed by atoms with E-state index in [0.29, 0.717) is 46.9 Å². The largest absolute Gasteiger partial charge is 0.486 e. The maximum absolute atomic E-state index is 13.5. The summed E-state index contributed by atoms with van der Waals surface area (Å²) in [5.41, 5.74) is 0.797. The Morgan fingerprint density at radius 1 is 1.09 bits per heavy atom. The molecule has 0 spiro atoms. The quantitative estimate of drug-likeness (QED) is 0.521. The van der Waals surface area contributed by atoms with Crippen LogP contribution in [0.4, 0.5) is 5.69 Å². The summed E-state index contributed by atoms with van der Waals surface area (Å²) in [7, 11) is -3.87. The third kappa shape index (κ3) is 6.71. The molecule has 9 nitrogen and oxygen atoms in total. The molecular weight excluding hydrogens is 517 g/mol. The number of benzene rings is 2. The van der Waals surface area contributed by atoms with Crippen molar-refractivity contribution in [3.8, 4) is 11.5 Å². The third-order valence-corrected chi connectivity index (χ3v) is 7.09. The number of carbonyl (C=O) groups excluding carboxylic acids is 2. The maximum Gasteiger partial charge on any atom is 0.244 e. The molecule has 2 aromatic rings. The zero-order valence-electron chi connectivity index (χ0n) is 19.6. The Morgan fingerprint density at radius 2 is 1.77 bits per heavy atom. The first-order chi connectivity index (χ1) is 16.5. The Morgan fingerprint density at radius 3 is 2.40 bits per heavy atom. The van der Waals surface area contributed by atoms with Crippen LogP contribution < -0.4 is 19.1 Å². The van der Waals surface area contributed by atoms with Gasteiger partial charge < -0.3 is 19.7 Å². The highest BCUT2D eigenvalue weighted by atomic mass is 35.5. The first-order valence-electron chi connectivity index (χ1n) is 10.9. The summed E-state index contributed by atoms with van der Waals surface area (Å²) in [4.78, 5) is 27.4. The van der Waals surface area contributed by atoms with Gasteiger partial charge in [-0.1, -0.05) is 29.3 Å². The summed E-state index contributed by atoms with van der Waals surface area (Å²) >= 11 is 12.3. The molecule has 35 heavy (non-hydrogen) atoms. The molecule has 0 aliphatic carbocycles. The predicted molar refractivity (Wildman–Crippen MR) is 135 cm³/mol. The average Bonchev–Trinajstić information content (AvgIpc) is 2.80. The summed E-state index contributed by atoms with van der Waals surface area (Å²) in [6, 6.07) is 8.57. The van der Waals surface area contributed by atoms with Gasteiger partial charge in [0.15, 0.2) is 11.5 Å². The molecule has 2 amide bonds. The molecule has 190 valence electrons. The fraction of sp³-hybridized carbons (Fsp3) is 0.391. The van der Waals surface area contributed by atoms with Gasteiger partial charge in [0.05, 0.1) is 11.9 Å². The van der Waals surface area contributed by atoms with Crippen molar-refractivity contribution in [1.29, 1.82) is 0 Å². The number of amides is 2. The van der Waals surface area contributed by atoms with Crippen molar-refractivity contribution in [2.24, 2.45) is 0 Å². The van der Waals surface area contributed by atoms with E-state index >= 15 is 0 Å². The zero-order valence-corrected chi connectivity index (χ0v) is 21.9. The fourth-order valence-corrected chi connectivity index (χ4v) is 4.85. The van der Waals surface area contributed by atoms with Crippen LogP contribution in [0.15, 0.2) is 36.4 Å². The van der Waals surface area contributed by atoms with Crippen molar-refractivity contribution in [2.45, 2.75) is 26.4 Å². The Bertz CT molecular complexity index is 1210. The van der Waals surface area contributed by atoms with E-state index in [1.54, 1.807) is 32.0 Å². The van der Waals surface area contributed by atoms with Gasteiger partial charge in [-0.25, -0.2) is 8.42 Å². The average molecular weight is 544 g/mol. The topological polar surface area (TPSA) is 105 Å². The van der Waals surface area contributed by atoms with E-state index in [9.17, 15) is 18.0 Å². The number of rotatable bonds is 9. The van der Waals surface area contributed by atoms with Gasteiger partial charge in [-0.05, 0) is 43.7 Å². The highest BCUT2D eigenvalue weighted by Gasteiger charge is 2.31. The van der Waals surface area contributed by atoms with Crippen LogP contribution in [0, 0.1) is 0 Å². The summed E-state index contributed by atoms with van der Waals surface area (Å²) in [5.74, 6) is -0.0924. The molecule has 3 rings (SSSR count). The van der Waals surface area contributed by atoms with Crippen molar-refractivity contribution >= 4 is 50.7 Å². The molecule has 12 heteroatoms. The smallest absolute Gasteiger partial charge is 0.244 e. The lowest BCUT2D eigenvalue weighted by molar-refractivity contribution is -0.139. The monoisotopic (exact) mass is 543 g/mol. The second-order valence-corrected chi connectivity index (χ2v) is 10.7. The van der Waals surface area contributed by atoms with Crippen molar-refractivity contribution < 1.29 is 27.5 Å². The number of hydrogen-bond acceptors (Lipinski definition) is 6. The first kappa shape index (κ1) is 26.9. The molecule has 0 saturated carbocycles. The van der Waals surface area contributed by atoms with Crippen LogP contribution in [0.25, 0.3) is 0 Å². The zero-order chi connectivity index (χ0) is 25.8. The van der Waals surface area contributed by atoms with E-state index < -0.39 is 28.5 Å². The van der Waals surface area contributed by atoms with Gasteiger partial charge >= 0.3 is 0 Å². The van der Waals surface area contributed by atoms with E-state index in [4.69, 9.17) is 32.7 Å². The van der Waals surface area contributed by atoms with Gasteiger partial charge in [0, 0.05) is 29.2 Å². The van der Waals surface area contributed by atoms with Crippen LogP contribution in [0.1, 0.15) is 19.4 Å². The van der Waals surface area contributed by atoms with E-state index in [2.05, 4.69) is 5.32 Å². The van der Waals surface area contributed by atoms with E-state index in [1.807, 2.05) is 0 Å². The van der Waals surface area contributed by atoms with Crippen LogP contribution in [-0.4, -0.2) is 63.7 Å². The molecule has 2 aromatic carbocycles. The SMILES string of the molecule is CCNC(=O)[C@@H](C)N(Cc1ccc(Cl)cc1Cl)C(=O)CN(c1ccc2c(c1)OCCO2)S(C)(=O)=O. The third-order valence-electron chi connectivity index (χ3n) is 5.37. The van der Waals surface area contributed by atoms with E-state index in [-0.39, 0.29) is 18.1 Å². The Labute approximate surface area is 214 Å². The molecule has 1 aliphatic rings. The normalized spacial score (nSPS) is 13.6. The van der Waals surface area contributed by atoms with Crippen molar-refractivity contribution in [2.75, 3.05) is 36.9 Å². The number of sulfonamides is 1. The first-order valence-corrected chi connectivity index (χ1v) is 13.5. The molecule has 0 unspecified atom stereocenters. The molecule has 1 heterocycles. The Hall–Kier alpha value is -2.69. The van der Waals surface area contributed by atoms with E-state index in [1.165, 1.54) is 23.1 Å². The van der Waals surface area contributed by atoms with Crippen LogP contribution in [0.2, 0.25) is 10.0 Å². The van der Waals surface area contributed by atoms with Crippen molar-refractivity contribution in [3.63, 3.8) is 0 Å². The number of anilines is 1. The minimum atomic E-state index is -3.87. The Kier molecular flexibility index (Phi) is 8.74. The number of nitrogens with zero attached hydrogens (tertiary/aromatic N) is 2. The molecule has 1 N–H and O–H groups in total. The molecule has 0 saturated heterocycles. The summed E-state index contributed by atoms with van der Waals surface area (Å²) in [6.07, 6.45) is 1.00. The summed E-state index contributed by atoms with van der Waals surface area (Å²) in [6.45, 7) is 3.87. The predicted octanol–water partition coefficient (Wildman–Crippen LogP) is 3.08. The van der Waals surface area contributed by atoms with Crippen molar-refractivity contribution in [3.05, 3.63) is 52.0 Å². The highest BCUT2D eigenvalue weighted by molar-refractivity contribution is 7.92. The molecular formula is C23H27Cl2N3O6S. The molecule has 1 atom stereocenters. The van der Waals surface area contributed by atoms with Gasteiger partial charge in [-0.15, -0.1) is 0 Å². The van der Waals surface area contributed by atoms with Crippen LogP contribution in [0.5, 0.6) is 11.5 Å². The molecule has 0 fully saturated rings. The maximum atomic E-state index is 13.5. The lowest BCUT2D eigenvalue weighted by Gasteiger charge is -2.32. The molecule has 1 aliphatic heterocycles. The number of ether oxygens (including phenoxy) is 2. The molecule has 0 aromatic heterocycles. The Balaban J connectivity index is 1.94.